The van der Waals surface area contributed by atoms with Crippen LogP contribution in [0, 0.1) is 5.92 Å². The number of hydrogen-bond donors (Lipinski definition) is 3. The average Bonchev–Trinajstić information content (AvgIpc) is 2.87. The van der Waals surface area contributed by atoms with Gasteiger partial charge in [0, 0.05) is 18.6 Å². The van der Waals surface area contributed by atoms with Gasteiger partial charge in [-0.3, -0.25) is 9.69 Å². The van der Waals surface area contributed by atoms with E-state index >= 15 is 0 Å². The second-order valence-corrected chi connectivity index (χ2v) is 8.63. The first-order valence-corrected chi connectivity index (χ1v) is 11.6. The molecule has 35 heavy (non-hydrogen) atoms. The Morgan fingerprint density at radius 1 is 0.914 bits per heavy atom. The van der Waals surface area contributed by atoms with Gasteiger partial charge in [-0.15, -0.1) is 0 Å². The second kappa shape index (κ2) is 12.9. The molecule has 2 aromatic rings. The Hall–Kier alpha value is -3.43. The third kappa shape index (κ3) is 7.53. The number of hydrogen-bond acceptors (Lipinski definition) is 7. The molecule has 0 aromatic heterocycles. The topological polar surface area (TPSA) is 134 Å². The molecule has 0 bridgehead atoms. The van der Waals surface area contributed by atoms with Crippen molar-refractivity contribution < 1.29 is 39.2 Å². The van der Waals surface area contributed by atoms with Gasteiger partial charge in [-0.1, -0.05) is 60.7 Å². The first kappa shape index (κ1) is 26.2. The van der Waals surface area contributed by atoms with Crippen LogP contribution >= 0.6 is 0 Å². The Labute approximate surface area is 203 Å². The lowest BCUT2D eigenvalue weighted by Crippen LogP contribution is -2.55. The van der Waals surface area contributed by atoms with E-state index in [4.69, 9.17) is 9.47 Å². The summed E-state index contributed by atoms with van der Waals surface area (Å²) in [6.07, 6.45) is -1.47. The summed E-state index contributed by atoms with van der Waals surface area (Å²) >= 11 is 0. The van der Waals surface area contributed by atoms with Crippen molar-refractivity contribution in [3.63, 3.8) is 0 Å². The number of aliphatic carboxylic acids is 1. The fraction of sp³-hybridized carbons (Fsp3) is 0.423. The molecule has 9 heteroatoms. The standard InChI is InChI=1S/C26H31NO8/c28-15-20-13-21(11-12-23(20)29)27(26(33)35-17-19-9-5-2-6-10-19)22(14-24(30)31)25(32)34-16-18-7-3-1-4-8-18/h1-10,20-23,28-29H,11-17H2,(H,30,31)/t20?,21?,22-,23?/m0/s1. The summed E-state index contributed by atoms with van der Waals surface area (Å²) in [4.78, 5) is 39.2. The number of aliphatic hydroxyl groups excluding tert-OH is 2. The smallest absolute Gasteiger partial charge is 0.411 e. The fourth-order valence-corrected chi connectivity index (χ4v) is 4.28. The van der Waals surface area contributed by atoms with Crippen molar-refractivity contribution in [1.29, 1.82) is 0 Å². The summed E-state index contributed by atoms with van der Waals surface area (Å²) in [5.41, 5.74) is 1.45. The molecule has 1 aliphatic rings. The highest BCUT2D eigenvalue weighted by molar-refractivity contribution is 5.86. The lowest BCUT2D eigenvalue weighted by molar-refractivity contribution is -0.156. The molecule has 3 unspecified atom stereocenters. The maximum Gasteiger partial charge on any atom is 0.411 e. The van der Waals surface area contributed by atoms with Crippen molar-refractivity contribution in [3.05, 3.63) is 71.8 Å². The number of aliphatic hydroxyl groups is 2. The summed E-state index contributed by atoms with van der Waals surface area (Å²) in [6, 6.07) is 15.8. The van der Waals surface area contributed by atoms with E-state index in [1.807, 2.05) is 12.1 Å². The highest BCUT2D eigenvalue weighted by Crippen LogP contribution is 2.31. The Balaban J connectivity index is 1.83. The minimum Gasteiger partial charge on any atom is -0.481 e. The van der Waals surface area contributed by atoms with Crippen molar-refractivity contribution >= 4 is 18.0 Å². The van der Waals surface area contributed by atoms with E-state index in [9.17, 15) is 29.7 Å². The predicted octanol–water partition coefficient (Wildman–Crippen LogP) is 2.73. The quantitative estimate of drug-likeness (QED) is 0.438. The van der Waals surface area contributed by atoms with Crippen molar-refractivity contribution in [1.82, 2.24) is 4.90 Å². The normalized spacial score (nSPS) is 20.5. The van der Waals surface area contributed by atoms with E-state index in [1.165, 1.54) is 0 Å². The van der Waals surface area contributed by atoms with E-state index in [-0.39, 0.29) is 32.7 Å². The van der Waals surface area contributed by atoms with Crippen LogP contribution in [0.15, 0.2) is 60.7 Å². The van der Waals surface area contributed by atoms with Gasteiger partial charge in [0.1, 0.15) is 19.3 Å². The zero-order valence-corrected chi connectivity index (χ0v) is 19.4. The van der Waals surface area contributed by atoms with Crippen LogP contribution < -0.4 is 0 Å². The molecule has 9 nitrogen and oxygen atoms in total. The lowest BCUT2D eigenvalue weighted by atomic mass is 9.82. The number of carboxylic acids is 1. The Morgan fingerprint density at radius 3 is 2.03 bits per heavy atom. The van der Waals surface area contributed by atoms with E-state index in [0.717, 1.165) is 10.5 Å². The summed E-state index contributed by atoms with van der Waals surface area (Å²) in [6.45, 7) is -0.439. The van der Waals surface area contributed by atoms with Gasteiger partial charge in [0.15, 0.2) is 0 Å². The van der Waals surface area contributed by atoms with Gasteiger partial charge in [-0.25, -0.2) is 9.59 Å². The van der Waals surface area contributed by atoms with Crippen LogP contribution in [0.25, 0.3) is 0 Å². The van der Waals surface area contributed by atoms with Crippen molar-refractivity contribution in [2.24, 2.45) is 5.92 Å². The molecule has 2 aromatic carbocycles. The molecule has 188 valence electrons. The molecule has 0 heterocycles. The first-order chi connectivity index (χ1) is 16.9. The Kier molecular flexibility index (Phi) is 9.63. The van der Waals surface area contributed by atoms with Crippen LogP contribution in [0.2, 0.25) is 0 Å². The number of esters is 1. The molecule has 3 N–H and O–H groups in total. The van der Waals surface area contributed by atoms with Gasteiger partial charge in [0.2, 0.25) is 0 Å². The molecule has 0 radical (unpaired) electrons. The molecule has 0 aliphatic heterocycles. The maximum absolute atomic E-state index is 13.3. The number of ether oxygens (including phenoxy) is 2. The van der Waals surface area contributed by atoms with Crippen LogP contribution in [0.1, 0.15) is 36.8 Å². The number of carbonyl (C=O) groups is 3. The summed E-state index contributed by atoms with van der Waals surface area (Å²) in [7, 11) is 0. The number of nitrogens with zero attached hydrogens (tertiary/aromatic N) is 1. The molecule has 0 spiro atoms. The van der Waals surface area contributed by atoms with Crippen molar-refractivity contribution in [2.45, 2.75) is 57.1 Å². The summed E-state index contributed by atoms with van der Waals surface area (Å²) < 4.78 is 10.9. The van der Waals surface area contributed by atoms with Crippen LogP contribution in [0.3, 0.4) is 0 Å². The molecular weight excluding hydrogens is 454 g/mol. The highest BCUT2D eigenvalue weighted by atomic mass is 16.6. The third-order valence-electron chi connectivity index (χ3n) is 6.16. The molecule has 1 amide bonds. The number of amides is 1. The predicted molar refractivity (Wildman–Crippen MR) is 125 cm³/mol. The maximum atomic E-state index is 13.3. The molecule has 3 rings (SSSR count). The fourth-order valence-electron chi connectivity index (χ4n) is 4.28. The minimum absolute atomic E-state index is 0.0617. The highest BCUT2D eigenvalue weighted by Gasteiger charge is 2.42. The van der Waals surface area contributed by atoms with Gasteiger partial charge >= 0.3 is 18.0 Å². The molecule has 0 saturated heterocycles. The van der Waals surface area contributed by atoms with Crippen LogP contribution in [0.5, 0.6) is 0 Å². The van der Waals surface area contributed by atoms with Crippen molar-refractivity contribution in [2.75, 3.05) is 6.61 Å². The number of benzene rings is 2. The molecule has 1 saturated carbocycles. The van der Waals surface area contributed by atoms with Crippen LogP contribution in [-0.2, 0) is 32.3 Å². The third-order valence-corrected chi connectivity index (χ3v) is 6.16. The van der Waals surface area contributed by atoms with Crippen molar-refractivity contribution in [3.8, 4) is 0 Å². The molecule has 1 aliphatic carbocycles. The monoisotopic (exact) mass is 485 g/mol. The lowest BCUT2D eigenvalue weighted by Gasteiger charge is -2.41. The van der Waals surface area contributed by atoms with Gasteiger partial charge < -0.3 is 24.8 Å². The average molecular weight is 486 g/mol. The largest absolute Gasteiger partial charge is 0.481 e. The van der Waals surface area contributed by atoms with E-state index in [2.05, 4.69) is 0 Å². The van der Waals surface area contributed by atoms with E-state index in [1.54, 1.807) is 48.5 Å². The summed E-state index contributed by atoms with van der Waals surface area (Å²) in [5, 5.41) is 29.4. The zero-order chi connectivity index (χ0) is 25.2. The molecule has 4 atom stereocenters. The van der Waals surface area contributed by atoms with Crippen LogP contribution in [-0.4, -0.2) is 63.0 Å². The van der Waals surface area contributed by atoms with E-state index in [0.29, 0.717) is 12.0 Å². The number of carboxylic acid groups (broad SMARTS) is 1. The number of carbonyl (C=O) groups excluding carboxylic acids is 2. The second-order valence-electron chi connectivity index (χ2n) is 8.63. The number of rotatable bonds is 10. The van der Waals surface area contributed by atoms with E-state index < -0.39 is 48.6 Å². The minimum atomic E-state index is -1.43. The van der Waals surface area contributed by atoms with Gasteiger partial charge in [-0.05, 0) is 30.4 Å². The Morgan fingerprint density at radius 2 is 1.49 bits per heavy atom. The Bertz CT molecular complexity index is 968. The molecule has 1 fully saturated rings. The SMILES string of the molecule is O=C(O)C[C@@H](C(=O)OCc1ccccc1)N(C(=O)OCc1ccccc1)C1CCC(O)C(CO)C1. The molecular formula is C26H31NO8. The van der Waals surface area contributed by atoms with Gasteiger partial charge in [0.25, 0.3) is 0 Å². The summed E-state index contributed by atoms with van der Waals surface area (Å²) in [5.74, 6) is -2.65. The first-order valence-electron chi connectivity index (χ1n) is 11.6. The van der Waals surface area contributed by atoms with Gasteiger partial charge in [0.05, 0.1) is 12.5 Å². The van der Waals surface area contributed by atoms with Gasteiger partial charge in [-0.2, -0.15) is 0 Å². The zero-order valence-electron chi connectivity index (χ0n) is 19.4. The van der Waals surface area contributed by atoms with Crippen LogP contribution in [0.4, 0.5) is 4.79 Å².